The maximum Gasteiger partial charge on any atom is 0.410 e. The number of para-hydroxylation sites is 1. The highest BCUT2D eigenvalue weighted by Gasteiger charge is 2.60. The quantitative estimate of drug-likeness (QED) is 0.361. The normalized spacial score (nSPS) is 40.9. The number of pyridine rings is 1. The van der Waals surface area contributed by atoms with E-state index >= 15 is 0 Å². The standard InChI is InChI=1S/C45H64N4O9/c1-11-35-45(8)39-27(4)36(46-16-17-49(39)43(52)58-45)25(2)21-44(7)40(57-42-37(50)34(48(9)10)18-26(3)55-42)28(5)38(29(6)41(51)56-35)53-23-31(24-54-44)19-30-20-32-14-12-13-15-33(32)47-22-30/h12-15,19-20,22,25-29,34-35,37-40,42,50H,11,16-18,21,23-24H2,1-10H3/t25-,26+,27+,28-,29-,34-,35+,37+,38+,39-,40+,42-,44-,45-/m1/s1. The van der Waals surface area contributed by atoms with Crippen molar-refractivity contribution >= 4 is 34.8 Å². The summed E-state index contributed by atoms with van der Waals surface area (Å²) in [6, 6.07) is 9.48. The Morgan fingerprint density at radius 3 is 2.57 bits per heavy atom. The molecule has 6 heterocycles. The molecule has 14 atom stereocenters. The van der Waals surface area contributed by atoms with E-state index in [9.17, 15) is 14.7 Å². The minimum atomic E-state index is -1.12. The first kappa shape index (κ1) is 42.7. The van der Waals surface area contributed by atoms with Crippen molar-refractivity contribution in [3.63, 3.8) is 0 Å². The summed E-state index contributed by atoms with van der Waals surface area (Å²) < 4.78 is 40.3. The average Bonchev–Trinajstić information content (AvgIpc) is 3.33. The molecule has 13 heteroatoms. The molecule has 0 spiro atoms. The van der Waals surface area contributed by atoms with Crippen molar-refractivity contribution in [3.05, 3.63) is 47.7 Å². The van der Waals surface area contributed by atoms with E-state index in [1.54, 1.807) is 4.90 Å². The molecular formula is C45H64N4O9. The predicted molar refractivity (Wildman–Crippen MR) is 220 cm³/mol. The third-order valence-electron chi connectivity index (χ3n) is 13.6. The van der Waals surface area contributed by atoms with E-state index in [2.05, 4.69) is 32.9 Å². The monoisotopic (exact) mass is 804 g/mol. The molecule has 1 amide bonds. The van der Waals surface area contributed by atoms with E-state index in [4.69, 9.17) is 38.4 Å². The SMILES string of the molecule is CC[C@@H]1OC(=O)[C@H](C)[C@H]2OCC(=Cc3cnc4ccccc4c3)CO[C@](C)(C[C@@H](C)C3=NCCN4C(=O)O[C@@]1(C)[C@H]4[C@H]3C)[C@@H](O[C@H]1O[C@@H](C)C[C@@H](N(C)C)[C@@H]1O)[C@@H]2C. The number of hydrogen-bond acceptors (Lipinski definition) is 12. The second kappa shape index (κ2) is 16.9. The van der Waals surface area contributed by atoms with Gasteiger partial charge in [0.1, 0.15) is 12.2 Å². The summed E-state index contributed by atoms with van der Waals surface area (Å²) in [5.74, 6) is -2.06. The highest BCUT2D eigenvalue weighted by Crippen LogP contribution is 2.45. The van der Waals surface area contributed by atoms with Gasteiger partial charge in [0.05, 0.1) is 61.1 Å². The predicted octanol–water partition coefficient (Wildman–Crippen LogP) is 5.91. The Hall–Kier alpha value is -3.46. The van der Waals surface area contributed by atoms with E-state index < -0.39 is 71.8 Å². The van der Waals surface area contributed by atoms with Gasteiger partial charge in [-0.1, -0.05) is 45.9 Å². The van der Waals surface area contributed by atoms with E-state index in [-0.39, 0.29) is 37.2 Å². The van der Waals surface area contributed by atoms with Crippen LogP contribution in [0.2, 0.25) is 0 Å². The van der Waals surface area contributed by atoms with E-state index in [1.807, 2.05) is 84.1 Å². The number of aliphatic hydroxyl groups excluding tert-OH is 1. The average molecular weight is 805 g/mol. The summed E-state index contributed by atoms with van der Waals surface area (Å²) in [5, 5.41) is 12.8. The smallest absolute Gasteiger partial charge is 0.410 e. The van der Waals surface area contributed by atoms with Crippen LogP contribution in [-0.2, 0) is 33.2 Å². The molecule has 318 valence electrons. The lowest BCUT2D eigenvalue weighted by molar-refractivity contribution is -0.302. The topological polar surface area (TPSA) is 141 Å². The zero-order valence-electron chi connectivity index (χ0n) is 35.9. The number of hydrogen-bond donors (Lipinski definition) is 1. The fraction of sp³-hybridized carbons (Fsp3) is 0.689. The Bertz CT molecular complexity index is 1890. The molecule has 0 aliphatic carbocycles. The number of aliphatic hydroxyl groups is 1. The molecule has 0 radical (unpaired) electrons. The Morgan fingerprint density at radius 1 is 1.07 bits per heavy atom. The van der Waals surface area contributed by atoms with Crippen LogP contribution in [0.3, 0.4) is 0 Å². The number of ether oxygens (including phenoxy) is 6. The molecule has 0 unspecified atom stereocenters. The molecule has 1 aromatic heterocycles. The van der Waals surface area contributed by atoms with Gasteiger partial charge in [-0.3, -0.25) is 19.7 Å². The highest BCUT2D eigenvalue weighted by molar-refractivity contribution is 5.91. The number of rotatable bonds is 5. The van der Waals surface area contributed by atoms with Gasteiger partial charge in [0.2, 0.25) is 0 Å². The van der Waals surface area contributed by atoms with Gasteiger partial charge >= 0.3 is 12.1 Å². The van der Waals surface area contributed by atoms with Crippen LogP contribution in [0.15, 0.2) is 47.1 Å². The number of amides is 1. The molecule has 58 heavy (non-hydrogen) atoms. The van der Waals surface area contributed by atoms with Crippen LogP contribution in [0.1, 0.15) is 80.2 Å². The van der Waals surface area contributed by atoms with Crippen LogP contribution in [-0.4, -0.2) is 138 Å². The zero-order chi connectivity index (χ0) is 41.7. The van der Waals surface area contributed by atoms with Crippen molar-refractivity contribution < 1.29 is 43.1 Å². The molecule has 7 rings (SSSR count). The highest BCUT2D eigenvalue weighted by atomic mass is 16.7. The molecule has 4 bridgehead atoms. The first-order valence-corrected chi connectivity index (χ1v) is 21.2. The molecule has 4 saturated heterocycles. The minimum Gasteiger partial charge on any atom is -0.458 e. The molecule has 1 N–H and O–H groups in total. The van der Waals surface area contributed by atoms with Gasteiger partial charge in [-0.2, -0.15) is 0 Å². The van der Waals surface area contributed by atoms with Crippen molar-refractivity contribution in [2.24, 2.45) is 28.7 Å². The van der Waals surface area contributed by atoms with Crippen molar-refractivity contribution in [1.82, 2.24) is 14.8 Å². The van der Waals surface area contributed by atoms with Gasteiger partial charge in [0.25, 0.3) is 0 Å². The fourth-order valence-corrected chi connectivity index (χ4v) is 10.7. The third-order valence-corrected chi connectivity index (χ3v) is 13.6. The van der Waals surface area contributed by atoms with Crippen LogP contribution >= 0.6 is 0 Å². The van der Waals surface area contributed by atoms with Gasteiger partial charge in [-0.15, -0.1) is 0 Å². The first-order chi connectivity index (χ1) is 27.5. The van der Waals surface area contributed by atoms with Crippen LogP contribution in [0.25, 0.3) is 17.0 Å². The van der Waals surface area contributed by atoms with Crippen molar-refractivity contribution in [1.29, 1.82) is 0 Å². The van der Waals surface area contributed by atoms with Gasteiger partial charge in [-0.05, 0) is 96.3 Å². The fourth-order valence-electron chi connectivity index (χ4n) is 10.7. The van der Waals surface area contributed by atoms with E-state index in [0.717, 1.165) is 27.8 Å². The van der Waals surface area contributed by atoms with Gasteiger partial charge in [0.15, 0.2) is 11.9 Å². The van der Waals surface area contributed by atoms with Crippen LogP contribution < -0.4 is 0 Å². The minimum absolute atomic E-state index is 0.135. The number of carbonyl (C=O) groups excluding carboxylic acids is 2. The maximum absolute atomic E-state index is 14.6. The maximum atomic E-state index is 14.6. The number of fused-ring (bicyclic) bond motifs is 5. The van der Waals surface area contributed by atoms with E-state index in [0.29, 0.717) is 32.4 Å². The molecule has 0 saturated carbocycles. The summed E-state index contributed by atoms with van der Waals surface area (Å²) in [7, 11) is 3.90. The number of carbonyl (C=O) groups is 2. The summed E-state index contributed by atoms with van der Waals surface area (Å²) in [6.45, 7) is 17.2. The Morgan fingerprint density at radius 2 is 1.83 bits per heavy atom. The Balaban J connectivity index is 1.36. The number of benzene rings is 1. The van der Waals surface area contributed by atoms with Crippen molar-refractivity contribution in [2.45, 2.75) is 135 Å². The molecule has 4 fully saturated rings. The van der Waals surface area contributed by atoms with E-state index in [1.165, 1.54) is 0 Å². The lowest BCUT2D eigenvalue weighted by Gasteiger charge is -2.48. The summed E-state index contributed by atoms with van der Waals surface area (Å²) in [6.07, 6.45) is 0.773. The molecule has 5 aliphatic rings. The molecule has 5 aliphatic heterocycles. The largest absolute Gasteiger partial charge is 0.458 e. The molecule has 13 nitrogen and oxygen atoms in total. The van der Waals surface area contributed by atoms with Crippen molar-refractivity contribution in [2.75, 3.05) is 40.4 Å². The number of likely N-dealkylation sites (N-methyl/N-ethyl adjacent to an activating group) is 1. The summed E-state index contributed by atoms with van der Waals surface area (Å²) in [4.78, 5) is 41.8. The van der Waals surface area contributed by atoms with Crippen LogP contribution in [0, 0.1) is 23.7 Å². The second-order valence-corrected chi connectivity index (χ2v) is 18.1. The van der Waals surface area contributed by atoms with Gasteiger partial charge in [-0.25, -0.2) is 4.79 Å². The Labute approximate surface area is 343 Å². The third kappa shape index (κ3) is 8.07. The molecular weight excluding hydrogens is 741 g/mol. The lowest BCUT2D eigenvalue weighted by Crippen LogP contribution is -2.60. The zero-order valence-corrected chi connectivity index (χ0v) is 35.9. The van der Waals surface area contributed by atoms with Crippen molar-refractivity contribution in [3.8, 4) is 0 Å². The van der Waals surface area contributed by atoms with Gasteiger partial charge < -0.3 is 38.4 Å². The number of esters is 1. The molecule has 1 aromatic carbocycles. The number of cyclic esters (lactones) is 1. The number of nitrogens with zero attached hydrogens (tertiary/aromatic N) is 4. The van der Waals surface area contributed by atoms with Gasteiger partial charge in [0, 0.05) is 41.7 Å². The van der Waals surface area contributed by atoms with Crippen LogP contribution in [0.5, 0.6) is 0 Å². The van der Waals surface area contributed by atoms with Crippen LogP contribution in [0.4, 0.5) is 4.79 Å². The lowest BCUT2D eigenvalue weighted by atomic mass is 9.72. The first-order valence-electron chi connectivity index (χ1n) is 21.2. The second-order valence-electron chi connectivity index (χ2n) is 18.1. The molecule has 2 aromatic rings. The number of aromatic nitrogens is 1. The summed E-state index contributed by atoms with van der Waals surface area (Å²) in [5.41, 5.74) is 1.48. The number of aliphatic imine (C=N–C) groups is 1. The Kier molecular flexibility index (Phi) is 12.4. The summed E-state index contributed by atoms with van der Waals surface area (Å²) >= 11 is 0.